The number of benzene rings is 1. The van der Waals surface area contributed by atoms with Gasteiger partial charge in [-0.1, -0.05) is 6.07 Å². The van der Waals surface area contributed by atoms with Crippen LogP contribution >= 0.6 is 0 Å². The van der Waals surface area contributed by atoms with Crippen LogP contribution in [0.15, 0.2) is 24.5 Å². The Morgan fingerprint density at radius 3 is 2.95 bits per heavy atom. The van der Waals surface area contributed by atoms with Crippen molar-refractivity contribution in [3.63, 3.8) is 0 Å². The van der Waals surface area contributed by atoms with Crippen LogP contribution in [0.4, 0.5) is 11.6 Å². The molecule has 1 aliphatic rings. The quantitative estimate of drug-likeness (QED) is 0.685. The van der Waals surface area contributed by atoms with E-state index < -0.39 is 4.92 Å². The predicted octanol–water partition coefficient (Wildman–Crippen LogP) is 2.23. The first kappa shape index (κ1) is 13.2. The Morgan fingerprint density at radius 2 is 2.19 bits per heavy atom. The summed E-state index contributed by atoms with van der Waals surface area (Å²) in [6.45, 7) is 2.13. The van der Waals surface area contributed by atoms with Crippen LogP contribution in [0.25, 0.3) is 0 Å². The van der Waals surface area contributed by atoms with Gasteiger partial charge in [0.25, 0.3) is 0 Å². The van der Waals surface area contributed by atoms with Gasteiger partial charge < -0.3 is 24.9 Å². The standard InChI is InChI=1S/C13H14N4O4/c1-8(9-3-4-10-11(5-9)21-7-20-10)15-13-12(17(18)19)14-6-16(13)2/h3-6,8,15H,7H2,1-2H3. The Bertz CT molecular complexity index is 697. The third-order valence-corrected chi connectivity index (χ3v) is 3.34. The number of ether oxygens (including phenoxy) is 2. The molecule has 8 nitrogen and oxygen atoms in total. The molecule has 0 spiro atoms. The normalized spacial score (nSPS) is 14.0. The highest BCUT2D eigenvalue weighted by Gasteiger charge is 2.23. The molecular formula is C13H14N4O4. The molecule has 1 N–H and O–H groups in total. The van der Waals surface area contributed by atoms with E-state index in [0.717, 1.165) is 5.56 Å². The van der Waals surface area contributed by atoms with Crippen LogP contribution in [0, 0.1) is 10.1 Å². The van der Waals surface area contributed by atoms with Crippen LogP contribution in [-0.4, -0.2) is 21.3 Å². The monoisotopic (exact) mass is 290 g/mol. The molecule has 0 radical (unpaired) electrons. The van der Waals surface area contributed by atoms with Gasteiger partial charge in [0.2, 0.25) is 18.9 Å². The fourth-order valence-corrected chi connectivity index (χ4v) is 2.19. The summed E-state index contributed by atoms with van der Waals surface area (Å²) in [5.74, 6) is 1.56. The third kappa shape index (κ3) is 2.35. The second kappa shape index (κ2) is 4.97. The highest BCUT2D eigenvalue weighted by molar-refractivity contribution is 5.54. The number of imidazole rings is 1. The summed E-state index contributed by atoms with van der Waals surface area (Å²) >= 11 is 0. The van der Waals surface area contributed by atoms with Crippen LogP contribution < -0.4 is 14.8 Å². The molecule has 0 saturated heterocycles. The van der Waals surface area contributed by atoms with Gasteiger partial charge in [-0.25, -0.2) is 0 Å². The van der Waals surface area contributed by atoms with E-state index in [1.165, 1.54) is 6.33 Å². The first-order valence-corrected chi connectivity index (χ1v) is 6.38. The zero-order chi connectivity index (χ0) is 15.0. The number of rotatable bonds is 4. The molecule has 1 aliphatic heterocycles. The van der Waals surface area contributed by atoms with Crippen molar-refractivity contribution >= 4 is 11.6 Å². The average molecular weight is 290 g/mol. The zero-order valence-electron chi connectivity index (χ0n) is 11.6. The lowest BCUT2D eigenvalue weighted by molar-refractivity contribution is -0.388. The van der Waals surface area contributed by atoms with Crippen LogP contribution in [0.3, 0.4) is 0 Å². The number of nitrogens with one attached hydrogen (secondary N) is 1. The van der Waals surface area contributed by atoms with Crippen molar-refractivity contribution in [3.05, 3.63) is 40.2 Å². The summed E-state index contributed by atoms with van der Waals surface area (Å²) in [4.78, 5) is 14.2. The van der Waals surface area contributed by atoms with Gasteiger partial charge in [-0.05, 0) is 34.5 Å². The third-order valence-electron chi connectivity index (χ3n) is 3.34. The molecule has 0 aliphatic carbocycles. The maximum Gasteiger partial charge on any atom is 0.406 e. The van der Waals surface area contributed by atoms with Gasteiger partial charge in [-0.2, -0.15) is 0 Å². The van der Waals surface area contributed by atoms with E-state index in [4.69, 9.17) is 9.47 Å². The summed E-state index contributed by atoms with van der Waals surface area (Å²) < 4.78 is 12.2. The number of nitrogens with zero attached hydrogens (tertiary/aromatic N) is 3. The van der Waals surface area contributed by atoms with Gasteiger partial charge >= 0.3 is 5.82 Å². The molecule has 2 heterocycles. The van der Waals surface area contributed by atoms with Crippen molar-refractivity contribution in [3.8, 4) is 11.5 Å². The van der Waals surface area contributed by atoms with Crippen molar-refractivity contribution < 1.29 is 14.4 Å². The second-order valence-electron chi connectivity index (χ2n) is 4.76. The van der Waals surface area contributed by atoms with Crippen LogP contribution in [0.1, 0.15) is 18.5 Å². The minimum Gasteiger partial charge on any atom is -0.454 e. The second-order valence-corrected chi connectivity index (χ2v) is 4.76. The summed E-state index contributed by atoms with van der Waals surface area (Å²) in [6.07, 6.45) is 1.41. The molecular weight excluding hydrogens is 276 g/mol. The number of hydrogen-bond acceptors (Lipinski definition) is 6. The minimum absolute atomic E-state index is 0.145. The SMILES string of the molecule is CC(Nc1c([N+](=O)[O-])ncn1C)c1ccc2c(c1)OCO2. The molecule has 8 heteroatoms. The Balaban J connectivity index is 1.85. The lowest BCUT2D eigenvalue weighted by Crippen LogP contribution is -2.10. The Kier molecular flexibility index (Phi) is 3.13. The molecule has 0 saturated carbocycles. The Hall–Kier alpha value is -2.77. The van der Waals surface area contributed by atoms with Crippen molar-refractivity contribution in [2.24, 2.45) is 7.05 Å². The Labute approximate surface area is 120 Å². The average Bonchev–Trinajstić information content (AvgIpc) is 3.05. The van der Waals surface area contributed by atoms with E-state index in [1.807, 2.05) is 25.1 Å². The maximum atomic E-state index is 11.0. The zero-order valence-corrected chi connectivity index (χ0v) is 11.6. The molecule has 0 fully saturated rings. The number of fused-ring (bicyclic) bond motifs is 1. The van der Waals surface area contributed by atoms with Crippen molar-refractivity contribution in [1.29, 1.82) is 0 Å². The van der Waals surface area contributed by atoms with E-state index >= 15 is 0 Å². The van der Waals surface area contributed by atoms with Gasteiger partial charge in [-0.3, -0.25) is 4.57 Å². The van der Waals surface area contributed by atoms with E-state index in [9.17, 15) is 10.1 Å². The van der Waals surface area contributed by atoms with Crippen molar-refractivity contribution in [2.75, 3.05) is 12.1 Å². The predicted molar refractivity (Wildman–Crippen MR) is 74.5 cm³/mol. The summed E-state index contributed by atoms with van der Waals surface area (Å²) in [7, 11) is 1.70. The number of aryl methyl sites for hydroxylation is 1. The van der Waals surface area contributed by atoms with Crippen LogP contribution in [0.2, 0.25) is 0 Å². The summed E-state index contributed by atoms with van der Waals surface area (Å²) in [5.41, 5.74) is 0.940. The number of hydrogen-bond donors (Lipinski definition) is 1. The van der Waals surface area contributed by atoms with E-state index in [0.29, 0.717) is 17.3 Å². The topological polar surface area (TPSA) is 91.5 Å². The first-order valence-electron chi connectivity index (χ1n) is 6.38. The van der Waals surface area contributed by atoms with E-state index in [2.05, 4.69) is 10.3 Å². The van der Waals surface area contributed by atoms with Gasteiger partial charge in [0.15, 0.2) is 11.5 Å². The van der Waals surface area contributed by atoms with Gasteiger partial charge in [-0.15, -0.1) is 0 Å². The molecule has 1 aromatic heterocycles. The highest BCUT2D eigenvalue weighted by atomic mass is 16.7. The molecule has 0 amide bonds. The van der Waals surface area contributed by atoms with Gasteiger partial charge in [0.1, 0.15) is 0 Å². The number of anilines is 1. The minimum atomic E-state index is -0.505. The van der Waals surface area contributed by atoms with Crippen molar-refractivity contribution in [1.82, 2.24) is 9.55 Å². The van der Waals surface area contributed by atoms with E-state index in [-0.39, 0.29) is 18.7 Å². The Morgan fingerprint density at radius 1 is 1.43 bits per heavy atom. The number of nitro groups is 1. The van der Waals surface area contributed by atoms with Crippen LogP contribution in [0.5, 0.6) is 11.5 Å². The first-order chi connectivity index (χ1) is 10.1. The molecule has 1 aromatic carbocycles. The molecule has 21 heavy (non-hydrogen) atoms. The molecule has 3 rings (SSSR count). The molecule has 1 unspecified atom stereocenters. The van der Waals surface area contributed by atoms with Gasteiger partial charge in [0, 0.05) is 7.05 Å². The molecule has 110 valence electrons. The van der Waals surface area contributed by atoms with Gasteiger partial charge in [0.05, 0.1) is 6.04 Å². The number of aromatic nitrogens is 2. The van der Waals surface area contributed by atoms with Crippen molar-refractivity contribution in [2.45, 2.75) is 13.0 Å². The fraction of sp³-hybridized carbons (Fsp3) is 0.308. The lowest BCUT2D eigenvalue weighted by Gasteiger charge is -2.15. The molecule has 2 aromatic rings. The summed E-state index contributed by atoms with van der Waals surface area (Å²) in [6, 6.07) is 5.44. The maximum absolute atomic E-state index is 11.0. The largest absolute Gasteiger partial charge is 0.454 e. The smallest absolute Gasteiger partial charge is 0.406 e. The fourth-order valence-electron chi connectivity index (χ4n) is 2.19. The lowest BCUT2D eigenvalue weighted by atomic mass is 10.1. The molecule has 0 bridgehead atoms. The summed E-state index contributed by atoms with van der Waals surface area (Å²) in [5, 5.41) is 14.1. The van der Waals surface area contributed by atoms with Crippen LogP contribution in [-0.2, 0) is 7.05 Å². The molecule has 1 atom stereocenters. The van der Waals surface area contributed by atoms with E-state index in [1.54, 1.807) is 11.6 Å². The highest BCUT2D eigenvalue weighted by Crippen LogP contribution is 2.35.